The Morgan fingerprint density at radius 2 is 2.03 bits per heavy atom. The standard InChI is InChI=1S/C23H18FN3O4S/c1-3-9-30-15-6-4-5-13(10-15)19-18-20(28)16-11-14(24)7-8-17(16)31-21(18)22(29)27(19)23-26-25-12(2)32-23/h4-8,10-11,19H,3,9H2,1-2H3. The number of hydrogen-bond donors (Lipinski definition) is 0. The molecule has 1 aliphatic rings. The fourth-order valence-corrected chi connectivity index (χ4v) is 4.55. The van der Waals surface area contributed by atoms with Crippen LogP contribution in [-0.2, 0) is 0 Å². The number of amides is 1. The van der Waals surface area contributed by atoms with Crippen LogP contribution in [0.1, 0.15) is 46.1 Å². The van der Waals surface area contributed by atoms with Gasteiger partial charge in [-0.3, -0.25) is 14.5 Å². The first-order valence-electron chi connectivity index (χ1n) is 10.1. The minimum atomic E-state index is -0.807. The normalized spacial score (nSPS) is 15.4. The smallest absolute Gasteiger partial charge is 0.297 e. The van der Waals surface area contributed by atoms with Crippen LogP contribution in [0.4, 0.5) is 9.52 Å². The highest BCUT2D eigenvalue weighted by Crippen LogP contribution is 2.42. The number of aromatic nitrogens is 2. The molecule has 162 valence electrons. The first-order chi connectivity index (χ1) is 15.5. The van der Waals surface area contributed by atoms with Crippen LogP contribution >= 0.6 is 11.3 Å². The number of ether oxygens (including phenoxy) is 1. The average molecular weight is 451 g/mol. The topological polar surface area (TPSA) is 85.5 Å². The van der Waals surface area contributed by atoms with Crippen molar-refractivity contribution < 1.29 is 18.3 Å². The van der Waals surface area contributed by atoms with Crippen molar-refractivity contribution in [3.63, 3.8) is 0 Å². The van der Waals surface area contributed by atoms with Crippen LogP contribution in [0.25, 0.3) is 11.0 Å². The maximum atomic E-state index is 13.9. The third kappa shape index (κ3) is 3.25. The Morgan fingerprint density at radius 3 is 2.78 bits per heavy atom. The number of rotatable bonds is 5. The predicted octanol–water partition coefficient (Wildman–Crippen LogP) is 4.63. The van der Waals surface area contributed by atoms with Gasteiger partial charge >= 0.3 is 0 Å². The number of fused-ring (bicyclic) bond motifs is 2. The molecular weight excluding hydrogens is 433 g/mol. The molecule has 7 nitrogen and oxygen atoms in total. The summed E-state index contributed by atoms with van der Waals surface area (Å²) < 4.78 is 25.5. The van der Waals surface area contributed by atoms with Crippen molar-refractivity contribution in [1.82, 2.24) is 10.2 Å². The minimum absolute atomic E-state index is 0.0770. The van der Waals surface area contributed by atoms with Gasteiger partial charge in [0.2, 0.25) is 10.9 Å². The molecule has 1 aliphatic heterocycles. The van der Waals surface area contributed by atoms with E-state index in [9.17, 15) is 14.0 Å². The zero-order chi connectivity index (χ0) is 22.4. The molecule has 1 atom stereocenters. The van der Waals surface area contributed by atoms with Gasteiger partial charge in [-0.15, -0.1) is 10.2 Å². The van der Waals surface area contributed by atoms with Crippen molar-refractivity contribution in [2.75, 3.05) is 11.5 Å². The molecule has 0 spiro atoms. The summed E-state index contributed by atoms with van der Waals surface area (Å²) in [6.45, 7) is 4.32. The van der Waals surface area contributed by atoms with Gasteiger partial charge in [0, 0.05) is 0 Å². The highest BCUT2D eigenvalue weighted by Gasteiger charge is 2.45. The summed E-state index contributed by atoms with van der Waals surface area (Å²) >= 11 is 1.24. The second-order valence-electron chi connectivity index (χ2n) is 7.42. The van der Waals surface area contributed by atoms with E-state index in [1.165, 1.54) is 28.4 Å². The Labute approximate surface area is 186 Å². The van der Waals surface area contributed by atoms with Gasteiger partial charge in [-0.2, -0.15) is 0 Å². The fraction of sp³-hybridized carbons (Fsp3) is 0.217. The first-order valence-corrected chi connectivity index (χ1v) is 10.9. The van der Waals surface area contributed by atoms with Crippen molar-refractivity contribution in [1.29, 1.82) is 0 Å². The lowest BCUT2D eigenvalue weighted by Gasteiger charge is -2.22. The molecule has 1 unspecified atom stereocenters. The average Bonchev–Trinajstić information content (AvgIpc) is 3.34. The minimum Gasteiger partial charge on any atom is -0.494 e. The largest absolute Gasteiger partial charge is 0.494 e. The van der Waals surface area contributed by atoms with Crippen LogP contribution in [0.15, 0.2) is 51.7 Å². The van der Waals surface area contributed by atoms with Gasteiger partial charge in [0.05, 0.1) is 23.6 Å². The Kier molecular flexibility index (Phi) is 4.97. The number of anilines is 1. The van der Waals surface area contributed by atoms with Crippen LogP contribution in [0.3, 0.4) is 0 Å². The second kappa shape index (κ2) is 7.83. The molecule has 0 bridgehead atoms. The number of halogens is 1. The van der Waals surface area contributed by atoms with Crippen molar-refractivity contribution in [2.24, 2.45) is 0 Å². The molecule has 32 heavy (non-hydrogen) atoms. The van der Waals surface area contributed by atoms with Gasteiger partial charge in [-0.1, -0.05) is 30.4 Å². The van der Waals surface area contributed by atoms with Gasteiger partial charge < -0.3 is 9.15 Å². The van der Waals surface area contributed by atoms with E-state index in [2.05, 4.69) is 10.2 Å². The molecule has 2 aromatic heterocycles. The molecule has 0 N–H and O–H groups in total. The molecule has 9 heteroatoms. The molecule has 1 amide bonds. The molecule has 0 radical (unpaired) electrons. The molecule has 0 saturated heterocycles. The molecule has 5 rings (SSSR count). The Hall–Kier alpha value is -3.59. The van der Waals surface area contributed by atoms with Crippen LogP contribution < -0.4 is 15.1 Å². The number of carbonyl (C=O) groups excluding carboxylic acids is 1. The molecule has 0 saturated carbocycles. The summed E-state index contributed by atoms with van der Waals surface area (Å²) in [6.07, 6.45) is 0.840. The summed E-state index contributed by atoms with van der Waals surface area (Å²) in [5, 5.41) is 9.26. The third-order valence-electron chi connectivity index (χ3n) is 5.20. The lowest BCUT2D eigenvalue weighted by molar-refractivity contribution is 0.0970. The summed E-state index contributed by atoms with van der Waals surface area (Å²) in [4.78, 5) is 28.3. The molecule has 0 fully saturated rings. The molecule has 0 aliphatic carbocycles. The number of aryl methyl sites for hydroxylation is 1. The van der Waals surface area contributed by atoms with E-state index in [-0.39, 0.29) is 22.3 Å². The maximum Gasteiger partial charge on any atom is 0.297 e. The number of carbonyl (C=O) groups is 1. The van der Waals surface area contributed by atoms with E-state index < -0.39 is 23.2 Å². The van der Waals surface area contributed by atoms with Crippen molar-refractivity contribution in [3.8, 4) is 5.75 Å². The first kappa shape index (κ1) is 20.3. The van der Waals surface area contributed by atoms with Gasteiger partial charge in [-0.05, 0) is 49.2 Å². The molecular formula is C23H18FN3O4S. The monoisotopic (exact) mass is 451 g/mol. The number of benzene rings is 2. The van der Waals surface area contributed by atoms with Crippen molar-refractivity contribution in [3.05, 3.63) is 80.4 Å². The summed E-state index contributed by atoms with van der Waals surface area (Å²) in [5.41, 5.74) is 0.496. The van der Waals surface area contributed by atoms with Crippen molar-refractivity contribution >= 4 is 33.3 Å². The van der Waals surface area contributed by atoms with Crippen LogP contribution in [-0.4, -0.2) is 22.7 Å². The van der Waals surface area contributed by atoms with Gasteiger partial charge in [0.15, 0.2) is 5.43 Å². The number of nitrogens with zero attached hydrogens (tertiary/aromatic N) is 3. The second-order valence-corrected chi connectivity index (χ2v) is 8.58. The summed E-state index contributed by atoms with van der Waals surface area (Å²) in [6, 6.07) is 10.1. The molecule has 3 heterocycles. The third-order valence-corrected chi connectivity index (χ3v) is 6.04. The predicted molar refractivity (Wildman–Crippen MR) is 118 cm³/mol. The number of hydrogen-bond acceptors (Lipinski definition) is 7. The highest BCUT2D eigenvalue weighted by molar-refractivity contribution is 7.15. The Balaban J connectivity index is 1.76. The SMILES string of the molecule is CCCOc1cccc(C2c3c(oc4ccc(F)cc4c3=O)C(=O)N2c2nnc(C)s2)c1. The Bertz CT molecular complexity index is 1410. The van der Waals surface area contributed by atoms with Gasteiger partial charge in [-0.25, -0.2) is 4.39 Å². The van der Waals surface area contributed by atoms with E-state index in [0.717, 1.165) is 12.5 Å². The molecule has 2 aromatic carbocycles. The summed E-state index contributed by atoms with van der Waals surface area (Å²) in [7, 11) is 0. The zero-order valence-electron chi connectivity index (χ0n) is 17.3. The van der Waals surface area contributed by atoms with Crippen LogP contribution in [0.2, 0.25) is 0 Å². The van der Waals surface area contributed by atoms with Crippen LogP contribution in [0, 0.1) is 12.7 Å². The van der Waals surface area contributed by atoms with Gasteiger partial charge in [0.1, 0.15) is 22.2 Å². The van der Waals surface area contributed by atoms with E-state index >= 15 is 0 Å². The summed E-state index contributed by atoms with van der Waals surface area (Å²) in [5.74, 6) is -0.511. The highest BCUT2D eigenvalue weighted by atomic mass is 32.1. The van der Waals surface area contributed by atoms with E-state index in [1.54, 1.807) is 19.1 Å². The van der Waals surface area contributed by atoms with E-state index in [1.807, 2.05) is 19.1 Å². The van der Waals surface area contributed by atoms with E-state index in [4.69, 9.17) is 9.15 Å². The van der Waals surface area contributed by atoms with Crippen LogP contribution in [0.5, 0.6) is 5.75 Å². The molecule has 4 aromatic rings. The fourth-order valence-electron chi connectivity index (χ4n) is 3.84. The maximum absolute atomic E-state index is 13.9. The van der Waals surface area contributed by atoms with Gasteiger partial charge in [0.25, 0.3) is 5.91 Å². The zero-order valence-corrected chi connectivity index (χ0v) is 18.1. The lowest BCUT2D eigenvalue weighted by Crippen LogP contribution is -2.29. The Morgan fingerprint density at radius 1 is 1.19 bits per heavy atom. The van der Waals surface area contributed by atoms with Crippen molar-refractivity contribution in [2.45, 2.75) is 26.3 Å². The van der Waals surface area contributed by atoms with E-state index in [0.29, 0.717) is 28.1 Å². The quantitative estimate of drug-likeness (QED) is 0.440. The lowest BCUT2D eigenvalue weighted by atomic mass is 9.98.